The molecule has 0 saturated heterocycles. The van der Waals surface area contributed by atoms with E-state index in [9.17, 15) is 4.39 Å². The number of aryl methyl sites for hydroxylation is 1. The van der Waals surface area contributed by atoms with Crippen molar-refractivity contribution in [1.29, 1.82) is 0 Å². The Morgan fingerprint density at radius 2 is 1.85 bits per heavy atom. The average molecular weight is 279 g/mol. The van der Waals surface area contributed by atoms with Gasteiger partial charge >= 0.3 is 0 Å². The van der Waals surface area contributed by atoms with Gasteiger partial charge in [0.15, 0.2) is 11.5 Å². The molecule has 4 nitrogen and oxygen atoms in total. The molecule has 20 heavy (non-hydrogen) atoms. The highest BCUT2D eigenvalue weighted by molar-refractivity contribution is 5.46. The molecule has 1 aromatic carbocycles. The van der Waals surface area contributed by atoms with Gasteiger partial charge in [0.25, 0.3) is 0 Å². The van der Waals surface area contributed by atoms with Crippen LogP contribution in [0.15, 0.2) is 28.9 Å². The van der Waals surface area contributed by atoms with E-state index in [-0.39, 0.29) is 11.9 Å². The standard InChI is InChI=1S/C15H18FNO3/c1-9-5-6-20-15(9)14(17-2)10-7-12(18-3)13(19-4)8-11(10)16/h5-8,14,17H,1-4H3. The Hall–Kier alpha value is -2.01. The first-order valence-corrected chi connectivity index (χ1v) is 6.25. The molecule has 0 fully saturated rings. The first kappa shape index (κ1) is 14.4. The minimum Gasteiger partial charge on any atom is -0.493 e. The van der Waals surface area contributed by atoms with E-state index in [1.165, 1.54) is 20.3 Å². The smallest absolute Gasteiger partial charge is 0.163 e. The molecule has 1 unspecified atom stereocenters. The van der Waals surface area contributed by atoms with Crippen LogP contribution >= 0.6 is 0 Å². The van der Waals surface area contributed by atoms with Gasteiger partial charge in [0.1, 0.15) is 11.6 Å². The number of furan rings is 1. The van der Waals surface area contributed by atoms with Crippen LogP contribution in [0.2, 0.25) is 0 Å². The van der Waals surface area contributed by atoms with Crippen LogP contribution < -0.4 is 14.8 Å². The minimum absolute atomic E-state index is 0.361. The quantitative estimate of drug-likeness (QED) is 0.913. The summed E-state index contributed by atoms with van der Waals surface area (Å²) in [5, 5.41) is 3.06. The third-order valence-electron chi connectivity index (χ3n) is 3.27. The maximum atomic E-state index is 14.3. The number of benzene rings is 1. The second-order valence-electron chi connectivity index (χ2n) is 4.42. The number of nitrogens with one attached hydrogen (secondary N) is 1. The second-order valence-corrected chi connectivity index (χ2v) is 4.42. The lowest BCUT2D eigenvalue weighted by molar-refractivity contribution is 0.350. The van der Waals surface area contributed by atoms with Crippen molar-refractivity contribution in [3.63, 3.8) is 0 Å². The summed E-state index contributed by atoms with van der Waals surface area (Å²) in [7, 11) is 4.75. The molecular formula is C15H18FNO3. The van der Waals surface area contributed by atoms with Gasteiger partial charge < -0.3 is 19.2 Å². The third-order valence-corrected chi connectivity index (χ3v) is 3.27. The topological polar surface area (TPSA) is 43.6 Å². The van der Waals surface area contributed by atoms with Crippen LogP contribution in [-0.2, 0) is 0 Å². The molecule has 0 aliphatic heterocycles. The number of ether oxygens (including phenoxy) is 2. The maximum Gasteiger partial charge on any atom is 0.163 e. The normalized spacial score (nSPS) is 12.2. The van der Waals surface area contributed by atoms with E-state index >= 15 is 0 Å². The molecule has 1 heterocycles. The van der Waals surface area contributed by atoms with Crippen molar-refractivity contribution in [2.75, 3.05) is 21.3 Å². The molecular weight excluding hydrogens is 261 g/mol. The summed E-state index contributed by atoms with van der Waals surface area (Å²) < 4.78 is 30.1. The van der Waals surface area contributed by atoms with E-state index in [1.807, 2.05) is 13.0 Å². The molecule has 1 atom stereocenters. The Bertz CT molecular complexity index is 595. The summed E-state index contributed by atoms with van der Waals surface area (Å²) in [6.07, 6.45) is 1.59. The molecule has 108 valence electrons. The van der Waals surface area contributed by atoms with Crippen molar-refractivity contribution in [1.82, 2.24) is 5.32 Å². The molecule has 0 spiro atoms. The second kappa shape index (κ2) is 5.96. The summed E-state index contributed by atoms with van der Waals surface area (Å²) in [6.45, 7) is 1.92. The highest BCUT2D eigenvalue weighted by atomic mass is 19.1. The van der Waals surface area contributed by atoms with Crippen LogP contribution in [0.3, 0.4) is 0 Å². The number of rotatable bonds is 5. The average Bonchev–Trinajstić information content (AvgIpc) is 2.87. The highest BCUT2D eigenvalue weighted by Crippen LogP contribution is 2.35. The van der Waals surface area contributed by atoms with E-state index in [0.29, 0.717) is 22.8 Å². The number of halogens is 1. The Kier molecular flexibility index (Phi) is 4.29. The number of hydrogen-bond donors (Lipinski definition) is 1. The van der Waals surface area contributed by atoms with Gasteiger partial charge in [-0.1, -0.05) is 0 Å². The van der Waals surface area contributed by atoms with E-state index in [1.54, 1.807) is 19.4 Å². The van der Waals surface area contributed by atoms with Crippen molar-refractivity contribution in [3.05, 3.63) is 47.2 Å². The van der Waals surface area contributed by atoms with Crippen molar-refractivity contribution >= 4 is 0 Å². The van der Waals surface area contributed by atoms with Crippen LogP contribution in [0, 0.1) is 12.7 Å². The minimum atomic E-state index is -0.384. The lowest BCUT2D eigenvalue weighted by Gasteiger charge is -2.18. The molecule has 0 bridgehead atoms. The van der Waals surface area contributed by atoms with Crippen LogP contribution in [0.5, 0.6) is 11.5 Å². The van der Waals surface area contributed by atoms with Crippen LogP contribution in [0.1, 0.15) is 22.9 Å². The predicted molar refractivity (Wildman–Crippen MR) is 73.9 cm³/mol. The molecule has 0 radical (unpaired) electrons. The predicted octanol–water partition coefficient (Wildman–Crippen LogP) is 3.05. The zero-order valence-corrected chi connectivity index (χ0v) is 12.0. The molecule has 1 N–H and O–H groups in total. The molecule has 0 aliphatic rings. The summed E-state index contributed by atoms with van der Waals surface area (Å²) >= 11 is 0. The highest BCUT2D eigenvalue weighted by Gasteiger charge is 2.23. The molecule has 2 rings (SSSR count). The molecule has 1 aromatic heterocycles. The van der Waals surface area contributed by atoms with Crippen LogP contribution in [-0.4, -0.2) is 21.3 Å². The summed E-state index contributed by atoms with van der Waals surface area (Å²) in [5.41, 5.74) is 1.40. The number of hydrogen-bond acceptors (Lipinski definition) is 4. The van der Waals surface area contributed by atoms with Gasteiger partial charge in [-0.25, -0.2) is 4.39 Å². The SMILES string of the molecule is CNC(c1cc(OC)c(OC)cc1F)c1occc1C. The zero-order chi connectivity index (χ0) is 14.7. The van der Waals surface area contributed by atoms with E-state index < -0.39 is 0 Å². The fourth-order valence-corrected chi connectivity index (χ4v) is 2.20. The molecule has 0 saturated carbocycles. The van der Waals surface area contributed by atoms with Gasteiger partial charge in [-0.05, 0) is 31.7 Å². The van der Waals surface area contributed by atoms with Crippen molar-refractivity contribution in [2.24, 2.45) is 0 Å². The van der Waals surface area contributed by atoms with Gasteiger partial charge in [0.2, 0.25) is 0 Å². The monoisotopic (exact) mass is 279 g/mol. The van der Waals surface area contributed by atoms with Crippen LogP contribution in [0.4, 0.5) is 4.39 Å². The van der Waals surface area contributed by atoms with Crippen molar-refractivity contribution < 1.29 is 18.3 Å². The third kappa shape index (κ3) is 2.49. The van der Waals surface area contributed by atoms with E-state index in [4.69, 9.17) is 13.9 Å². The zero-order valence-electron chi connectivity index (χ0n) is 12.0. The summed E-state index contributed by atoms with van der Waals surface area (Å²) in [5.74, 6) is 1.14. The molecule has 0 aliphatic carbocycles. The van der Waals surface area contributed by atoms with E-state index in [2.05, 4.69) is 5.32 Å². The van der Waals surface area contributed by atoms with E-state index in [0.717, 1.165) is 5.56 Å². The Morgan fingerprint density at radius 1 is 1.20 bits per heavy atom. The first-order chi connectivity index (χ1) is 9.62. The van der Waals surface area contributed by atoms with Gasteiger partial charge in [-0.3, -0.25) is 0 Å². The molecule has 2 aromatic rings. The van der Waals surface area contributed by atoms with Gasteiger partial charge in [-0.15, -0.1) is 0 Å². The lowest BCUT2D eigenvalue weighted by atomic mass is 10.0. The Morgan fingerprint density at radius 3 is 2.35 bits per heavy atom. The van der Waals surface area contributed by atoms with Gasteiger partial charge in [0.05, 0.1) is 26.5 Å². The summed E-state index contributed by atoms with van der Waals surface area (Å²) in [4.78, 5) is 0. The largest absolute Gasteiger partial charge is 0.493 e. The summed E-state index contributed by atoms with van der Waals surface area (Å²) in [6, 6.07) is 4.40. The Labute approximate surface area is 117 Å². The Balaban J connectivity index is 2.52. The van der Waals surface area contributed by atoms with Crippen molar-refractivity contribution in [3.8, 4) is 11.5 Å². The first-order valence-electron chi connectivity index (χ1n) is 6.25. The fourth-order valence-electron chi connectivity index (χ4n) is 2.20. The fraction of sp³-hybridized carbons (Fsp3) is 0.333. The number of methoxy groups -OCH3 is 2. The van der Waals surface area contributed by atoms with Gasteiger partial charge in [0, 0.05) is 11.6 Å². The maximum absolute atomic E-state index is 14.3. The van der Waals surface area contributed by atoms with Crippen molar-refractivity contribution in [2.45, 2.75) is 13.0 Å². The van der Waals surface area contributed by atoms with Crippen LogP contribution in [0.25, 0.3) is 0 Å². The molecule has 5 heteroatoms. The molecule has 0 amide bonds. The lowest BCUT2D eigenvalue weighted by Crippen LogP contribution is -2.19. The van der Waals surface area contributed by atoms with Gasteiger partial charge in [-0.2, -0.15) is 0 Å².